The van der Waals surface area contributed by atoms with Crippen LogP contribution in [-0.4, -0.2) is 19.5 Å². The fourth-order valence-electron chi connectivity index (χ4n) is 1.75. The molecule has 0 heterocycles. The lowest BCUT2D eigenvalue weighted by Crippen LogP contribution is -2.15. The van der Waals surface area contributed by atoms with Gasteiger partial charge >= 0.3 is 5.97 Å². The van der Waals surface area contributed by atoms with Gasteiger partial charge in [0, 0.05) is 0 Å². The average Bonchev–Trinajstić information content (AvgIpc) is 2.41. The van der Waals surface area contributed by atoms with E-state index in [-0.39, 0.29) is 21.2 Å². The van der Waals surface area contributed by atoms with Crippen LogP contribution < -0.4 is 4.72 Å². The zero-order valence-corrected chi connectivity index (χ0v) is 12.9. The quantitative estimate of drug-likeness (QED) is 0.892. The first-order valence-electron chi connectivity index (χ1n) is 6.02. The van der Waals surface area contributed by atoms with Crippen molar-refractivity contribution < 1.29 is 22.7 Å². The van der Waals surface area contributed by atoms with Crippen LogP contribution in [0.5, 0.6) is 0 Å². The first-order chi connectivity index (χ1) is 10.2. The molecular weight excluding hydrogens is 333 g/mol. The van der Waals surface area contributed by atoms with Crippen LogP contribution in [0.15, 0.2) is 41.3 Å². The lowest BCUT2D eigenvalue weighted by atomic mass is 10.2. The van der Waals surface area contributed by atoms with Crippen molar-refractivity contribution >= 4 is 33.3 Å². The maximum atomic E-state index is 13.7. The Balaban J connectivity index is 2.40. The minimum Gasteiger partial charge on any atom is -0.478 e. The monoisotopic (exact) mass is 343 g/mol. The molecule has 0 fully saturated rings. The molecule has 0 bridgehead atoms. The molecule has 0 spiro atoms. The van der Waals surface area contributed by atoms with Gasteiger partial charge in [-0.3, -0.25) is 4.72 Å². The van der Waals surface area contributed by atoms with E-state index in [4.69, 9.17) is 16.7 Å². The summed E-state index contributed by atoms with van der Waals surface area (Å²) >= 11 is 5.81. The van der Waals surface area contributed by atoms with Gasteiger partial charge in [-0.05, 0) is 42.8 Å². The highest BCUT2D eigenvalue weighted by Crippen LogP contribution is 2.26. The summed E-state index contributed by atoms with van der Waals surface area (Å²) in [5.41, 5.74) is 0.277. The molecule has 0 atom stereocenters. The van der Waals surface area contributed by atoms with E-state index in [0.29, 0.717) is 5.56 Å². The molecule has 0 radical (unpaired) electrons. The predicted molar refractivity (Wildman–Crippen MR) is 80.4 cm³/mol. The number of carboxylic acids is 1. The molecule has 0 aliphatic heterocycles. The number of rotatable bonds is 4. The zero-order valence-electron chi connectivity index (χ0n) is 11.3. The number of aromatic carboxylic acids is 1. The SMILES string of the molecule is Cc1ccc(NS(=O)(=O)c2ccc(C(=O)O)cc2Cl)c(F)c1. The molecular formula is C14H11ClFNO4S. The number of hydrogen-bond donors (Lipinski definition) is 2. The summed E-state index contributed by atoms with van der Waals surface area (Å²) in [5.74, 6) is -1.95. The van der Waals surface area contributed by atoms with Crippen molar-refractivity contribution in [2.45, 2.75) is 11.8 Å². The van der Waals surface area contributed by atoms with Crippen molar-refractivity contribution in [1.82, 2.24) is 0 Å². The van der Waals surface area contributed by atoms with Crippen LogP contribution in [0.4, 0.5) is 10.1 Å². The van der Waals surface area contributed by atoms with Crippen molar-refractivity contribution in [3.63, 3.8) is 0 Å². The number of aryl methyl sites for hydroxylation is 1. The molecule has 2 aromatic carbocycles. The Morgan fingerprint density at radius 3 is 2.45 bits per heavy atom. The molecule has 0 aliphatic rings. The van der Waals surface area contributed by atoms with E-state index in [1.54, 1.807) is 13.0 Å². The lowest BCUT2D eigenvalue weighted by molar-refractivity contribution is 0.0696. The fraction of sp³-hybridized carbons (Fsp3) is 0.0714. The Labute approximate surface area is 131 Å². The van der Waals surface area contributed by atoms with Crippen LogP contribution in [0, 0.1) is 12.7 Å². The van der Waals surface area contributed by atoms with Gasteiger partial charge in [0.25, 0.3) is 10.0 Å². The molecule has 0 unspecified atom stereocenters. The third-order valence-corrected chi connectivity index (χ3v) is 4.69. The van der Waals surface area contributed by atoms with Crippen LogP contribution in [0.1, 0.15) is 15.9 Å². The van der Waals surface area contributed by atoms with Gasteiger partial charge in [-0.2, -0.15) is 0 Å². The number of nitrogens with one attached hydrogen (secondary N) is 1. The van der Waals surface area contributed by atoms with E-state index in [2.05, 4.69) is 4.72 Å². The lowest BCUT2D eigenvalue weighted by Gasteiger charge is -2.11. The van der Waals surface area contributed by atoms with Gasteiger partial charge in [0.2, 0.25) is 0 Å². The van der Waals surface area contributed by atoms with Gasteiger partial charge in [-0.15, -0.1) is 0 Å². The summed E-state index contributed by atoms with van der Waals surface area (Å²) in [6.07, 6.45) is 0. The Hall–Kier alpha value is -2.12. The number of anilines is 1. The molecule has 0 aliphatic carbocycles. The minimum atomic E-state index is -4.14. The van der Waals surface area contributed by atoms with Crippen molar-refractivity contribution in [1.29, 1.82) is 0 Å². The topological polar surface area (TPSA) is 83.5 Å². The normalized spacial score (nSPS) is 11.2. The van der Waals surface area contributed by atoms with Crippen LogP contribution >= 0.6 is 11.6 Å². The van der Waals surface area contributed by atoms with Gasteiger partial charge < -0.3 is 5.11 Å². The summed E-state index contributed by atoms with van der Waals surface area (Å²) in [6.45, 7) is 1.67. The standard InChI is InChI=1S/C14H11ClFNO4S/c1-8-2-4-12(11(16)6-8)17-22(20,21)13-5-3-9(14(18)19)7-10(13)15/h2-7,17H,1H3,(H,18,19). The van der Waals surface area contributed by atoms with E-state index < -0.39 is 21.8 Å². The van der Waals surface area contributed by atoms with Gasteiger partial charge in [-0.1, -0.05) is 17.7 Å². The molecule has 2 rings (SSSR count). The van der Waals surface area contributed by atoms with Crippen LogP contribution in [0.2, 0.25) is 5.02 Å². The summed E-state index contributed by atoms with van der Waals surface area (Å²) in [7, 11) is -4.14. The average molecular weight is 344 g/mol. The van der Waals surface area contributed by atoms with Gasteiger partial charge in [0.05, 0.1) is 16.3 Å². The Morgan fingerprint density at radius 1 is 1.23 bits per heavy atom. The number of hydrogen-bond acceptors (Lipinski definition) is 3. The molecule has 2 N–H and O–H groups in total. The summed E-state index contributed by atoms with van der Waals surface area (Å²) in [4.78, 5) is 10.5. The highest BCUT2D eigenvalue weighted by Gasteiger charge is 2.20. The molecule has 2 aromatic rings. The van der Waals surface area contributed by atoms with Crippen molar-refractivity contribution in [3.8, 4) is 0 Å². The van der Waals surface area contributed by atoms with E-state index in [1.165, 1.54) is 12.1 Å². The first kappa shape index (κ1) is 16.3. The van der Waals surface area contributed by atoms with Crippen LogP contribution in [-0.2, 0) is 10.0 Å². The minimum absolute atomic E-state index is 0.148. The summed E-state index contributed by atoms with van der Waals surface area (Å²) < 4.78 is 40.3. The molecule has 0 aromatic heterocycles. The van der Waals surface area contributed by atoms with E-state index in [1.807, 2.05) is 0 Å². The summed E-state index contributed by atoms with van der Waals surface area (Å²) in [5, 5.41) is 8.56. The third-order valence-electron chi connectivity index (χ3n) is 2.84. The predicted octanol–water partition coefficient (Wildman–Crippen LogP) is 3.29. The highest BCUT2D eigenvalue weighted by molar-refractivity contribution is 7.92. The number of halogens is 2. The molecule has 22 heavy (non-hydrogen) atoms. The highest BCUT2D eigenvalue weighted by atomic mass is 35.5. The van der Waals surface area contributed by atoms with Crippen molar-refractivity contribution in [2.75, 3.05) is 4.72 Å². The summed E-state index contributed by atoms with van der Waals surface area (Å²) in [6, 6.07) is 7.21. The van der Waals surface area contributed by atoms with E-state index in [9.17, 15) is 17.6 Å². The number of carboxylic acid groups (broad SMARTS) is 1. The molecule has 116 valence electrons. The molecule has 0 saturated heterocycles. The second-order valence-electron chi connectivity index (χ2n) is 4.54. The third kappa shape index (κ3) is 3.37. The van der Waals surface area contributed by atoms with Gasteiger partial charge in [0.1, 0.15) is 10.7 Å². The number of carbonyl (C=O) groups is 1. The largest absolute Gasteiger partial charge is 0.478 e. The van der Waals surface area contributed by atoms with Crippen LogP contribution in [0.25, 0.3) is 0 Å². The second-order valence-corrected chi connectivity index (χ2v) is 6.60. The second kappa shape index (κ2) is 5.94. The van der Waals surface area contributed by atoms with Gasteiger partial charge in [-0.25, -0.2) is 17.6 Å². The van der Waals surface area contributed by atoms with E-state index in [0.717, 1.165) is 18.2 Å². The fourth-order valence-corrected chi connectivity index (χ4v) is 3.37. The molecule has 5 nitrogen and oxygen atoms in total. The first-order valence-corrected chi connectivity index (χ1v) is 7.88. The van der Waals surface area contributed by atoms with Crippen LogP contribution in [0.3, 0.4) is 0 Å². The Kier molecular flexibility index (Phi) is 4.39. The smallest absolute Gasteiger partial charge is 0.335 e. The van der Waals surface area contributed by atoms with Gasteiger partial charge in [0.15, 0.2) is 0 Å². The zero-order chi connectivity index (χ0) is 16.5. The maximum Gasteiger partial charge on any atom is 0.335 e. The molecule has 8 heteroatoms. The number of sulfonamides is 1. The molecule has 0 amide bonds. The van der Waals surface area contributed by atoms with E-state index >= 15 is 0 Å². The molecule has 0 saturated carbocycles. The maximum absolute atomic E-state index is 13.7. The number of benzene rings is 2. The van der Waals surface area contributed by atoms with Crippen molar-refractivity contribution in [2.24, 2.45) is 0 Å². The Bertz CT molecular complexity index is 852. The Morgan fingerprint density at radius 2 is 1.91 bits per heavy atom. The van der Waals surface area contributed by atoms with Crippen molar-refractivity contribution in [3.05, 3.63) is 58.4 Å².